The molecular weight excluding hydrogens is 200 g/mol. The predicted octanol–water partition coefficient (Wildman–Crippen LogP) is 1.26. The van der Waals surface area contributed by atoms with Crippen LogP contribution in [0.4, 0.5) is 5.95 Å². The first-order valence-electron chi connectivity index (χ1n) is 5.77. The molecule has 1 aliphatic rings. The van der Waals surface area contributed by atoms with Crippen molar-refractivity contribution in [1.29, 1.82) is 0 Å². The molecule has 0 unspecified atom stereocenters. The highest BCUT2D eigenvalue weighted by Crippen LogP contribution is 2.19. The molecule has 1 fully saturated rings. The maximum Gasteiger partial charge on any atom is 0.210 e. The number of aromatic nitrogens is 2. The van der Waals surface area contributed by atoms with E-state index in [0.29, 0.717) is 0 Å². The lowest BCUT2D eigenvalue weighted by atomic mass is 10.1. The van der Waals surface area contributed by atoms with E-state index >= 15 is 0 Å². The van der Waals surface area contributed by atoms with Gasteiger partial charge in [0.15, 0.2) is 0 Å². The second kappa shape index (κ2) is 3.79. The highest BCUT2D eigenvalue weighted by molar-refractivity contribution is 5.53. The van der Waals surface area contributed by atoms with E-state index in [-0.39, 0.29) is 6.04 Å². The summed E-state index contributed by atoms with van der Waals surface area (Å²) in [6.45, 7) is 1.97. The molecule has 2 N–H and O–H groups in total. The molecule has 3 heterocycles. The number of fused-ring (bicyclic) bond motifs is 1. The molecule has 2 aromatic heterocycles. The summed E-state index contributed by atoms with van der Waals surface area (Å²) in [6, 6.07) is 6.41. The van der Waals surface area contributed by atoms with Crippen molar-refractivity contribution in [3.63, 3.8) is 0 Å². The van der Waals surface area contributed by atoms with Crippen molar-refractivity contribution in [3.05, 3.63) is 30.6 Å². The summed E-state index contributed by atoms with van der Waals surface area (Å²) in [5, 5.41) is 0. The zero-order valence-corrected chi connectivity index (χ0v) is 9.21. The number of piperidine rings is 1. The molecule has 0 bridgehead atoms. The van der Waals surface area contributed by atoms with Gasteiger partial charge in [-0.25, -0.2) is 4.98 Å². The predicted molar refractivity (Wildman–Crippen MR) is 64.6 cm³/mol. The van der Waals surface area contributed by atoms with Gasteiger partial charge in [-0.15, -0.1) is 0 Å². The maximum absolute atomic E-state index is 6.00. The number of hydrogen-bond acceptors (Lipinski definition) is 3. The van der Waals surface area contributed by atoms with Gasteiger partial charge in [0, 0.05) is 25.3 Å². The third kappa shape index (κ3) is 1.55. The Bertz CT molecular complexity index is 490. The third-order valence-corrected chi connectivity index (χ3v) is 3.16. The normalized spacial score (nSPS) is 21.6. The smallest absolute Gasteiger partial charge is 0.210 e. The molecule has 0 saturated carbocycles. The first-order chi connectivity index (χ1) is 7.84. The first-order valence-corrected chi connectivity index (χ1v) is 5.77. The lowest BCUT2D eigenvalue weighted by Crippen LogP contribution is -2.43. The lowest BCUT2D eigenvalue weighted by molar-refractivity contribution is 0.499. The zero-order valence-electron chi connectivity index (χ0n) is 9.21. The van der Waals surface area contributed by atoms with E-state index in [9.17, 15) is 0 Å². The van der Waals surface area contributed by atoms with Crippen LogP contribution in [-0.4, -0.2) is 28.5 Å². The third-order valence-electron chi connectivity index (χ3n) is 3.16. The van der Waals surface area contributed by atoms with Gasteiger partial charge < -0.3 is 10.6 Å². The zero-order chi connectivity index (χ0) is 11.0. The van der Waals surface area contributed by atoms with Crippen molar-refractivity contribution >= 4 is 11.5 Å². The lowest BCUT2D eigenvalue weighted by Gasteiger charge is -2.31. The highest BCUT2D eigenvalue weighted by Gasteiger charge is 2.19. The van der Waals surface area contributed by atoms with E-state index in [1.807, 2.05) is 18.3 Å². The van der Waals surface area contributed by atoms with Gasteiger partial charge in [0.2, 0.25) is 5.95 Å². The van der Waals surface area contributed by atoms with Gasteiger partial charge in [-0.2, -0.15) is 0 Å². The van der Waals surface area contributed by atoms with Crippen LogP contribution in [0.25, 0.3) is 5.52 Å². The van der Waals surface area contributed by atoms with Crippen molar-refractivity contribution in [3.8, 4) is 0 Å². The van der Waals surface area contributed by atoms with E-state index in [1.165, 1.54) is 0 Å². The molecule has 2 aromatic rings. The maximum atomic E-state index is 6.00. The molecule has 4 nitrogen and oxygen atoms in total. The van der Waals surface area contributed by atoms with Crippen molar-refractivity contribution in [2.45, 2.75) is 18.9 Å². The molecule has 16 heavy (non-hydrogen) atoms. The summed E-state index contributed by atoms with van der Waals surface area (Å²) >= 11 is 0. The first kappa shape index (κ1) is 9.66. The monoisotopic (exact) mass is 216 g/mol. The summed E-state index contributed by atoms with van der Waals surface area (Å²) < 4.78 is 2.12. The van der Waals surface area contributed by atoms with Crippen LogP contribution in [0.2, 0.25) is 0 Å². The van der Waals surface area contributed by atoms with Crippen LogP contribution in [0.5, 0.6) is 0 Å². The molecule has 1 aliphatic heterocycles. The Morgan fingerprint density at radius 3 is 3.19 bits per heavy atom. The average molecular weight is 216 g/mol. The minimum absolute atomic E-state index is 0.282. The van der Waals surface area contributed by atoms with Gasteiger partial charge in [-0.05, 0) is 25.0 Å². The van der Waals surface area contributed by atoms with E-state index in [4.69, 9.17) is 5.73 Å². The number of nitrogens with two attached hydrogens (primary N) is 1. The number of nitrogens with zero attached hydrogens (tertiary/aromatic N) is 3. The summed E-state index contributed by atoms with van der Waals surface area (Å²) in [4.78, 5) is 6.77. The molecule has 0 aliphatic carbocycles. The number of rotatable bonds is 1. The van der Waals surface area contributed by atoms with Crippen molar-refractivity contribution in [2.24, 2.45) is 5.73 Å². The van der Waals surface area contributed by atoms with E-state index in [2.05, 4.69) is 26.5 Å². The summed E-state index contributed by atoms with van der Waals surface area (Å²) in [5.74, 6) is 1.02. The topological polar surface area (TPSA) is 46.6 Å². The van der Waals surface area contributed by atoms with Gasteiger partial charge in [0.1, 0.15) is 0 Å². The van der Waals surface area contributed by atoms with E-state index in [1.54, 1.807) is 0 Å². The Kier molecular flexibility index (Phi) is 2.29. The fourth-order valence-corrected chi connectivity index (χ4v) is 2.36. The minimum atomic E-state index is 0.282. The Labute approximate surface area is 94.7 Å². The Balaban J connectivity index is 1.99. The summed E-state index contributed by atoms with van der Waals surface area (Å²) in [5.41, 5.74) is 7.13. The summed E-state index contributed by atoms with van der Waals surface area (Å²) in [6.07, 6.45) is 6.25. The molecule has 84 valence electrons. The van der Waals surface area contributed by atoms with Crippen LogP contribution in [0.1, 0.15) is 12.8 Å². The largest absolute Gasteiger partial charge is 0.340 e. The molecular formula is C12H16N4. The Morgan fingerprint density at radius 2 is 2.31 bits per heavy atom. The van der Waals surface area contributed by atoms with Crippen LogP contribution in [-0.2, 0) is 0 Å². The van der Waals surface area contributed by atoms with Crippen LogP contribution < -0.4 is 10.6 Å². The van der Waals surface area contributed by atoms with Crippen molar-refractivity contribution in [1.82, 2.24) is 9.38 Å². The second-order valence-electron chi connectivity index (χ2n) is 4.40. The summed E-state index contributed by atoms with van der Waals surface area (Å²) in [7, 11) is 0. The van der Waals surface area contributed by atoms with Crippen molar-refractivity contribution in [2.75, 3.05) is 18.0 Å². The molecule has 1 saturated heterocycles. The second-order valence-corrected chi connectivity index (χ2v) is 4.40. The average Bonchev–Trinajstić information content (AvgIpc) is 2.72. The quantitative estimate of drug-likeness (QED) is 0.780. The van der Waals surface area contributed by atoms with Crippen LogP contribution in [0.3, 0.4) is 0 Å². The number of anilines is 1. The van der Waals surface area contributed by atoms with Crippen LogP contribution >= 0.6 is 0 Å². The number of imidazole rings is 1. The van der Waals surface area contributed by atoms with Gasteiger partial charge in [0.05, 0.1) is 11.7 Å². The number of hydrogen-bond donors (Lipinski definition) is 1. The molecule has 1 atom stereocenters. The van der Waals surface area contributed by atoms with Gasteiger partial charge in [-0.3, -0.25) is 4.40 Å². The Morgan fingerprint density at radius 1 is 1.38 bits per heavy atom. The van der Waals surface area contributed by atoms with Crippen molar-refractivity contribution < 1.29 is 0 Å². The molecule has 3 rings (SSSR count). The SMILES string of the molecule is N[C@@H]1CCCN(c2ncc3ccccn23)C1. The standard InChI is InChI=1S/C12H16N4/c13-10-4-3-6-15(9-10)12-14-8-11-5-1-2-7-16(11)12/h1-2,5,7-8,10H,3-4,6,9,13H2/t10-/m1/s1. The fraction of sp³-hybridized carbons (Fsp3) is 0.417. The highest BCUT2D eigenvalue weighted by atomic mass is 15.3. The van der Waals surface area contributed by atoms with Crippen LogP contribution in [0.15, 0.2) is 30.6 Å². The molecule has 4 heteroatoms. The fourth-order valence-electron chi connectivity index (χ4n) is 2.36. The minimum Gasteiger partial charge on any atom is -0.340 e. The van der Waals surface area contributed by atoms with Gasteiger partial charge >= 0.3 is 0 Å². The molecule has 0 amide bonds. The van der Waals surface area contributed by atoms with E-state index < -0.39 is 0 Å². The molecule has 0 radical (unpaired) electrons. The molecule has 0 spiro atoms. The van der Waals surface area contributed by atoms with Crippen LogP contribution in [0, 0.1) is 0 Å². The van der Waals surface area contributed by atoms with Gasteiger partial charge in [-0.1, -0.05) is 6.07 Å². The Hall–Kier alpha value is -1.55. The van der Waals surface area contributed by atoms with Gasteiger partial charge in [0.25, 0.3) is 0 Å². The number of pyridine rings is 1. The van der Waals surface area contributed by atoms with E-state index in [0.717, 1.165) is 37.4 Å². The molecule has 0 aromatic carbocycles.